The first kappa shape index (κ1) is 9.69. The Morgan fingerprint density at radius 2 is 2.23 bits per heavy atom. The monoisotopic (exact) mass is 178 g/mol. The highest BCUT2D eigenvalue weighted by molar-refractivity contribution is 5.29. The Bertz CT molecular complexity index is 341. The third kappa shape index (κ3) is 2.04. The molecule has 0 bridgehead atoms. The highest BCUT2D eigenvalue weighted by atomic mass is 19.1. The predicted octanol–water partition coefficient (Wildman–Crippen LogP) is 1.92. The number of hydrogen-bond donors (Lipinski definition) is 1. The highest BCUT2D eigenvalue weighted by Gasteiger charge is 2.08. The number of rotatable bonds is 2. The van der Waals surface area contributed by atoms with E-state index < -0.39 is 0 Å². The molecule has 0 aliphatic rings. The maximum absolute atomic E-state index is 12.9. The summed E-state index contributed by atoms with van der Waals surface area (Å²) < 4.78 is 12.9. The second-order valence-corrected chi connectivity index (χ2v) is 2.86. The minimum Gasteiger partial charge on any atom is -0.301 e. The quantitative estimate of drug-likeness (QED) is 0.751. The van der Waals surface area contributed by atoms with E-state index in [1.54, 1.807) is 26.1 Å². The average molecular weight is 178 g/mol. The molecule has 1 N–H and O–H groups in total. The van der Waals surface area contributed by atoms with Gasteiger partial charge in [-0.2, -0.15) is 5.26 Å². The molecule has 0 aliphatic heterocycles. The molecule has 0 aliphatic carbocycles. The molecule has 0 heterocycles. The van der Waals surface area contributed by atoms with Crippen molar-refractivity contribution < 1.29 is 4.39 Å². The topological polar surface area (TPSA) is 35.8 Å². The van der Waals surface area contributed by atoms with Crippen LogP contribution in [0, 0.1) is 24.1 Å². The Kier molecular flexibility index (Phi) is 2.99. The van der Waals surface area contributed by atoms with E-state index in [4.69, 9.17) is 5.26 Å². The minimum absolute atomic E-state index is 0.239. The number of aryl methyl sites for hydroxylation is 1. The predicted molar refractivity (Wildman–Crippen MR) is 48.6 cm³/mol. The zero-order chi connectivity index (χ0) is 9.84. The van der Waals surface area contributed by atoms with Gasteiger partial charge >= 0.3 is 0 Å². The molecule has 0 spiro atoms. The number of benzene rings is 1. The smallest absolute Gasteiger partial charge is 0.126 e. The third-order valence-electron chi connectivity index (χ3n) is 1.93. The number of nitriles is 1. The van der Waals surface area contributed by atoms with Gasteiger partial charge in [0.1, 0.15) is 11.9 Å². The minimum atomic E-state index is -0.362. The Balaban J connectivity index is 3.04. The van der Waals surface area contributed by atoms with E-state index in [-0.39, 0.29) is 11.9 Å². The zero-order valence-corrected chi connectivity index (χ0v) is 7.63. The van der Waals surface area contributed by atoms with E-state index in [1.165, 1.54) is 6.07 Å². The second kappa shape index (κ2) is 4.01. The largest absolute Gasteiger partial charge is 0.301 e. The van der Waals surface area contributed by atoms with Gasteiger partial charge in [-0.15, -0.1) is 0 Å². The first-order chi connectivity index (χ1) is 6.19. The van der Waals surface area contributed by atoms with Crippen molar-refractivity contribution in [2.24, 2.45) is 0 Å². The van der Waals surface area contributed by atoms with E-state index in [0.717, 1.165) is 5.56 Å². The SMILES string of the molecule is CNC(C#N)c1ccc(F)c(C)c1. The average Bonchev–Trinajstić information content (AvgIpc) is 2.13. The van der Waals surface area contributed by atoms with Gasteiger partial charge in [0.25, 0.3) is 0 Å². The first-order valence-electron chi connectivity index (χ1n) is 4.02. The maximum atomic E-state index is 12.9. The Labute approximate surface area is 77.0 Å². The molecule has 0 aromatic heterocycles. The van der Waals surface area contributed by atoms with Gasteiger partial charge in [-0.1, -0.05) is 12.1 Å². The molecule has 0 fully saturated rings. The van der Waals surface area contributed by atoms with Gasteiger partial charge in [-0.05, 0) is 31.2 Å². The van der Waals surface area contributed by atoms with Crippen molar-refractivity contribution in [1.82, 2.24) is 5.32 Å². The van der Waals surface area contributed by atoms with Crippen LogP contribution in [0.25, 0.3) is 0 Å². The normalized spacial score (nSPS) is 12.2. The lowest BCUT2D eigenvalue weighted by Crippen LogP contribution is -2.14. The van der Waals surface area contributed by atoms with Crippen LogP contribution in [-0.2, 0) is 0 Å². The fourth-order valence-electron chi connectivity index (χ4n) is 1.15. The van der Waals surface area contributed by atoms with Crippen LogP contribution in [0.4, 0.5) is 4.39 Å². The molecule has 2 nitrogen and oxygen atoms in total. The van der Waals surface area contributed by atoms with E-state index in [0.29, 0.717) is 5.56 Å². The van der Waals surface area contributed by atoms with Crippen LogP contribution >= 0.6 is 0 Å². The summed E-state index contributed by atoms with van der Waals surface area (Å²) in [6, 6.07) is 6.40. The molecule has 0 radical (unpaired) electrons. The van der Waals surface area contributed by atoms with Gasteiger partial charge < -0.3 is 5.32 Å². The molecule has 1 rings (SSSR count). The Hall–Kier alpha value is -1.40. The highest BCUT2D eigenvalue weighted by Crippen LogP contribution is 2.15. The van der Waals surface area contributed by atoms with Crippen LogP contribution in [0.1, 0.15) is 17.2 Å². The lowest BCUT2D eigenvalue weighted by Gasteiger charge is -2.08. The van der Waals surface area contributed by atoms with Gasteiger partial charge in [0, 0.05) is 0 Å². The number of hydrogen-bond acceptors (Lipinski definition) is 2. The zero-order valence-electron chi connectivity index (χ0n) is 7.63. The third-order valence-corrected chi connectivity index (χ3v) is 1.93. The summed E-state index contributed by atoms with van der Waals surface area (Å²) in [7, 11) is 1.70. The summed E-state index contributed by atoms with van der Waals surface area (Å²) in [5.41, 5.74) is 1.36. The molecular weight excluding hydrogens is 167 g/mol. The van der Waals surface area contributed by atoms with E-state index >= 15 is 0 Å². The van der Waals surface area contributed by atoms with Crippen molar-refractivity contribution in [3.8, 4) is 6.07 Å². The summed E-state index contributed by atoms with van der Waals surface area (Å²) in [6.45, 7) is 1.68. The van der Waals surface area contributed by atoms with Crippen LogP contribution in [-0.4, -0.2) is 7.05 Å². The number of nitrogens with zero attached hydrogens (tertiary/aromatic N) is 1. The fourth-order valence-corrected chi connectivity index (χ4v) is 1.15. The van der Waals surface area contributed by atoms with E-state index in [1.807, 2.05) is 0 Å². The van der Waals surface area contributed by atoms with Gasteiger partial charge in [0.05, 0.1) is 6.07 Å². The van der Waals surface area contributed by atoms with E-state index in [9.17, 15) is 4.39 Å². The summed E-state index contributed by atoms with van der Waals surface area (Å²) in [6.07, 6.45) is 0. The molecule has 1 atom stereocenters. The molecule has 3 heteroatoms. The number of halogens is 1. The molecule has 0 saturated heterocycles. The van der Waals surface area contributed by atoms with Crippen LogP contribution in [0.15, 0.2) is 18.2 Å². The van der Waals surface area contributed by atoms with Crippen LogP contribution in [0.5, 0.6) is 0 Å². The Morgan fingerprint density at radius 1 is 1.54 bits per heavy atom. The van der Waals surface area contributed by atoms with Gasteiger partial charge in [-0.3, -0.25) is 0 Å². The molecule has 13 heavy (non-hydrogen) atoms. The molecule has 0 amide bonds. The van der Waals surface area contributed by atoms with Crippen molar-refractivity contribution in [2.45, 2.75) is 13.0 Å². The first-order valence-corrected chi connectivity index (χ1v) is 4.02. The molecule has 1 aromatic rings. The van der Waals surface area contributed by atoms with Crippen molar-refractivity contribution in [2.75, 3.05) is 7.05 Å². The molecule has 1 aromatic carbocycles. The molecule has 0 saturated carbocycles. The number of nitrogens with one attached hydrogen (secondary N) is 1. The fraction of sp³-hybridized carbons (Fsp3) is 0.300. The summed E-state index contributed by atoms with van der Waals surface area (Å²) in [5, 5.41) is 11.6. The van der Waals surface area contributed by atoms with Crippen molar-refractivity contribution >= 4 is 0 Å². The Morgan fingerprint density at radius 3 is 2.69 bits per heavy atom. The van der Waals surface area contributed by atoms with Crippen LogP contribution in [0.3, 0.4) is 0 Å². The van der Waals surface area contributed by atoms with Crippen molar-refractivity contribution in [1.29, 1.82) is 5.26 Å². The van der Waals surface area contributed by atoms with Gasteiger partial charge in [0.15, 0.2) is 0 Å². The summed E-state index contributed by atoms with van der Waals surface area (Å²) >= 11 is 0. The summed E-state index contributed by atoms with van der Waals surface area (Å²) in [4.78, 5) is 0. The summed E-state index contributed by atoms with van der Waals surface area (Å²) in [5.74, 6) is -0.239. The van der Waals surface area contributed by atoms with Crippen LogP contribution < -0.4 is 5.32 Å². The second-order valence-electron chi connectivity index (χ2n) is 2.86. The molecular formula is C10H11FN2. The van der Waals surface area contributed by atoms with Gasteiger partial charge in [-0.25, -0.2) is 4.39 Å². The lowest BCUT2D eigenvalue weighted by atomic mass is 10.1. The molecule has 1 unspecified atom stereocenters. The lowest BCUT2D eigenvalue weighted by molar-refractivity contribution is 0.615. The maximum Gasteiger partial charge on any atom is 0.126 e. The molecule has 68 valence electrons. The van der Waals surface area contributed by atoms with Gasteiger partial charge in [0.2, 0.25) is 0 Å². The standard InChI is InChI=1S/C10H11FN2/c1-7-5-8(3-4-9(7)11)10(6-12)13-2/h3-5,10,13H,1-2H3. The van der Waals surface area contributed by atoms with Crippen molar-refractivity contribution in [3.63, 3.8) is 0 Å². The van der Waals surface area contributed by atoms with E-state index in [2.05, 4.69) is 11.4 Å². The van der Waals surface area contributed by atoms with Crippen molar-refractivity contribution in [3.05, 3.63) is 35.1 Å². The van der Waals surface area contributed by atoms with Crippen LogP contribution in [0.2, 0.25) is 0 Å².